The van der Waals surface area contributed by atoms with Crippen LogP contribution in [0.25, 0.3) is 10.8 Å². The maximum atomic E-state index is 15.1. The molecule has 1 fully saturated rings. The van der Waals surface area contributed by atoms with Crippen molar-refractivity contribution in [2.45, 2.75) is 171 Å². The van der Waals surface area contributed by atoms with Crippen LogP contribution in [-0.4, -0.2) is 201 Å². The number of pyridine rings is 2. The number of rotatable bonds is 42. The first-order valence-electron chi connectivity index (χ1n) is 37.0. The van der Waals surface area contributed by atoms with Crippen molar-refractivity contribution in [3.8, 4) is 5.75 Å². The zero-order chi connectivity index (χ0) is 82.3. The van der Waals surface area contributed by atoms with E-state index in [-0.39, 0.29) is 108 Å². The number of fused-ring (bicyclic) bond motifs is 1. The van der Waals surface area contributed by atoms with Gasteiger partial charge in [-0.1, -0.05) is 104 Å². The number of primary amides is 2. The fraction of sp³-hybridized carbons (Fsp3) is 0.410. The minimum Gasteiger partial charge on any atom is -0.508 e. The number of guanidine groups is 1. The van der Waals surface area contributed by atoms with Gasteiger partial charge in [-0.25, -0.2) is 4.79 Å². The number of amides is 14. The summed E-state index contributed by atoms with van der Waals surface area (Å²) < 4.78 is 0. The molecule has 11 atom stereocenters. The maximum absolute atomic E-state index is 15.1. The molecule has 14 amide bonds. The van der Waals surface area contributed by atoms with Crippen LogP contribution in [0.2, 0.25) is 5.02 Å². The van der Waals surface area contributed by atoms with E-state index in [0.717, 1.165) is 10.8 Å². The third-order valence-corrected chi connectivity index (χ3v) is 18.8. The number of nitrogens with one attached hydrogen (secondary N) is 13. The smallest absolute Gasteiger partial charge is 0.312 e. The van der Waals surface area contributed by atoms with Crippen molar-refractivity contribution in [1.82, 2.24) is 78.7 Å². The lowest BCUT2D eigenvalue weighted by molar-refractivity contribution is -0.142. The van der Waals surface area contributed by atoms with Crippen LogP contribution in [0.4, 0.5) is 4.79 Å². The molecule has 0 radical (unpaired) electrons. The highest BCUT2D eigenvalue weighted by molar-refractivity contribution is 6.30. The van der Waals surface area contributed by atoms with Gasteiger partial charge in [-0.2, -0.15) is 0 Å². The molecule has 0 bridgehead atoms. The van der Waals surface area contributed by atoms with Crippen molar-refractivity contribution in [2.24, 2.45) is 23.1 Å². The summed E-state index contributed by atoms with van der Waals surface area (Å²) in [6.07, 6.45) is 5.21. The summed E-state index contributed by atoms with van der Waals surface area (Å²) in [6, 6.07) is 14.9. The highest BCUT2D eigenvalue weighted by atomic mass is 35.5. The lowest BCUT2D eigenvalue weighted by atomic mass is 9.99. The molecule has 1 aliphatic heterocycles. The van der Waals surface area contributed by atoms with Crippen LogP contribution in [-0.2, 0) is 89.6 Å². The van der Waals surface area contributed by atoms with Gasteiger partial charge in [-0.3, -0.25) is 72.9 Å². The number of aliphatic hydroxyl groups is 1. The minimum absolute atomic E-state index is 0.0185. The topological polar surface area (TPSA) is 538 Å². The number of aliphatic hydroxyl groups excluding tert-OH is 1. The average Bonchev–Trinajstić information content (AvgIpc) is 1.59. The van der Waals surface area contributed by atoms with Crippen molar-refractivity contribution in [1.29, 1.82) is 5.41 Å². The average molecular weight is 1580 g/mol. The third-order valence-electron chi connectivity index (χ3n) is 18.5. The Hall–Kier alpha value is -12.3. The molecule has 35 heteroatoms. The van der Waals surface area contributed by atoms with E-state index in [9.17, 15) is 67.7 Å². The number of carbonyl (C=O) groups excluding carboxylic acids is 13. The first-order chi connectivity index (χ1) is 53.9. The number of aromatic hydroxyl groups is 1. The number of nitrogens with zero attached hydrogens (tertiary/aromatic N) is 3. The number of phenols is 1. The maximum Gasteiger partial charge on any atom is 0.312 e. The summed E-state index contributed by atoms with van der Waals surface area (Å²) in [5.41, 5.74) is 18.7. The van der Waals surface area contributed by atoms with E-state index in [0.29, 0.717) is 39.3 Å². The predicted molar refractivity (Wildman–Crippen MR) is 418 cm³/mol. The van der Waals surface area contributed by atoms with Gasteiger partial charge in [0.15, 0.2) is 5.96 Å². The summed E-state index contributed by atoms with van der Waals surface area (Å²) in [5, 5.41) is 62.8. The van der Waals surface area contributed by atoms with Crippen molar-refractivity contribution in [3.05, 3.63) is 173 Å². The normalized spacial score (nSPS) is 15.1. The van der Waals surface area contributed by atoms with Crippen LogP contribution in [0.15, 0.2) is 140 Å². The van der Waals surface area contributed by atoms with E-state index < -0.39 is 150 Å². The number of nitrogens with two attached hydrogens (primary N) is 3. The molecule has 21 N–H and O–H groups in total. The monoisotopic (exact) mass is 1580 g/mol. The van der Waals surface area contributed by atoms with E-state index in [2.05, 4.69) is 73.8 Å². The molecular formula is C78H100ClN19O15. The molecule has 2 aromatic heterocycles. The zero-order valence-corrected chi connectivity index (χ0v) is 63.9. The van der Waals surface area contributed by atoms with Gasteiger partial charge in [0.2, 0.25) is 70.9 Å². The van der Waals surface area contributed by atoms with E-state index in [1.165, 1.54) is 67.8 Å². The quantitative estimate of drug-likeness (QED) is 0.0132. The van der Waals surface area contributed by atoms with Gasteiger partial charge >= 0.3 is 6.03 Å². The summed E-state index contributed by atoms with van der Waals surface area (Å²) >= 11 is 6.26. The molecule has 7 rings (SSSR count). The predicted octanol–water partition coefficient (Wildman–Crippen LogP) is -0.384. The Morgan fingerprint density at radius 2 is 0.938 bits per heavy atom. The number of benzene rings is 4. The SMILES string of the molecule is CC(=O)N[C@H](Cc1ccc2ccccc2c1)C(=O)N[C@H](Cc1ccc(Cl)cc1)C(=O)N[C@H](Cc1cccnc1)C(=O)N[C@H](Cc1cccnc1)C(=O)N[C@@H](CO)C(=O)N[C@@H](Cc1ccc(O)cc1)C(=O)N[C@H](CCCNC(N)=O)C(=O)N[C@@H](CC(C)C)C(=O)N[C@@H](CCCNC(=N)N)C(=O)N1CCC[C@H]1C(=O)N[C@H](C)C(N)=O. The van der Waals surface area contributed by atoms with Gasteiger partial charge < -0.3 is 96.1 Å². The Morgan fingerprint density at radius 1 is 0.504 bits per heavy atom. The fourth-order valence-electron chi connectivity index (χ4n) is 12.7. The molecule has 6 aromatic rings. The van der Waals surface area contributed by atoms with Crippen molar-refractivity contribution < 1.29 is 72.5 Å². The third kappa shape index (κ3) is 28.8. The lowest BCUT2D eigenvalue weighted by Gasteiger charge is -2.31. The largest absolute Gasteiger partial charge is 0.508 e. The molecule has 3 heterocycles. The summed E-state index contributed by atoms with van der Waals surface area (Å²) in [5.74, 6) is -11.1. The lowest BCUT2D eigenvalue weighted by Crippen LogP contribution is -2.62. The van der Waals surface area contributed by atoms with Gasteiger partial charge in [-0.15, -0.1) is 0 Å². The second kappa shape index (κ2) is 43.9. The number of aromatic nitrogens is 2. The number of carbonyl (C=O) groups is 13. The highest BCUT2D eigenvalue weighted by Crippen LogP contribution is 2.23. The minimum atomic E-state index is -1.90. The molecule has 0 spiro atoms. The van der Waals surface area contributed by atoms with Crippen LogP contribution in [0, 0.1) is 11.3 Å². The molecule has 4 aromatic carbocycles. The first-order valence-corrected chi connectivity index (χ1v) is 37.4. The van der Waals surface area contributed by atoms with Crippen LogP contribution in [0.5, 0.6) is 5.75 Å². The Morgan fingerprint density at radius 3 is 1.43 bits per heavy atom. The van der Waals surface area contributed by atoms with E-state index in [4.69, 9.17) is 34.2 Å². The van der Waals surface area contributed by atoms with Crippen molar-refractivity contribution in [3.63, 3.8) is 0 Å². The molecule has 113 heavy (non-hydrogen) atoms. The van der Waals surface area contributed by atoms with Crippen molar-refractivity contribution >= 4 is 105 Å². The summed E-state index contributed by atoms with van der Waals surface area (Å²) in [4.78, 5) is 193. The van der Waals surface area contributed by atoms with Gasteiger partial charge in [0.25, 0.3) is 0 Å². The van der Waals surface area contributed by atoms with Crippen LogP contribution in [0.1, 0.15) is 100 Å². The number of hydrogen-bond donors (Lipinski definition) is 18. The standard InChI is InChI=1S/C78H100ClN19O15/c1-44(2)34-58(68(104)91-57(17-10-31-86-77(81)82)76(112)98-33-11-18-65(98)75(111)88-45(3)66(80)102)92-67(103)56(16-9-32-87-78(83)113)90-70(106)60(37-48-22-27-55(101)28-23-48)96-74(110)64(43-99)97-73(109)63(40-51-13-8-30-85-42-51)95-72(108)62(39-50-12-7-29-84-41-50)94-71(107)61(36-47-20-25-54(79)26-21-47)93-69(105)59(89-46(4)100)38-49-19-24-52-14-5-6-15-53(52)35-49/h5-8,12-15,19-30,35,41-42,44-45,56-65,99,101H,9-11,16-18,31-34,36-40,43H2,1-4H3,(H2,80,102)(H,88,111)(H,89,100)(H,90,106)(H,91,104)(H,92,103)(H,93,105)(H,94,107)(H,95,108)(H,96,110)(H,97,109)(H4,81,82,86)(H3,83,87,113)/t45-,56-,57+,58+,59-,60+,61-,62-,63-,64+,65+/m1/s1. The Kier molecular flexibility index (Phi) is 34.1. The second-order valence-electron chi connectivity index (χ2n) is 28.0. The van der Waals surface area contributed by atoms with Gasteiger partial charge in [0.05, 0.1) is 6.61 Å². The highest BCUT2D eigenvalue weighted by Gasteiger charge is 2.41. The molecule has 604 valence electrons. The molecule has 0 unspecified atom stereocenters. The number of likely N-dealkylation sites (tertiary alicyclic amines) is 1. The van der Waals surface area contributed by atoms with Gasteiger partial charge in [0.1, 0.15) is 72.2 Å². The van der Waals surface area contributed by atoms with E-state index in [1.54, 1.807) is 62.4 Å². The van der Waals surface area contributed by atoms with Crippen LogP contribution in [0.3, 0.4) is 0 Å². The Bertz CT molecular complexity index is 4300. The number of phenolic OH excluding ortho intramolecular Hbond substituents is 1. The number of halogens is 1. The van der Waals surface area contributed by atoms with Crippen LogP contribution >= 0.6 is 11.6 Å². The molecule has 0 aliphatic carbocycles. The van der Waals surface area contributed by atoms with E-state index in [1.807, 2.05) is 42.5 Å². The fourth-order valence-corrected chi connectivity index (χ4v) is 12.8. The summed E-state index contributed by atoms with van der Waals surface area (Å²) in [7, 11) is 0. The van der Waals surface area contributed by atoms with Gasteiger partial charge in [-0.05, 0) is 133 Å². The second-order valence-corrected chi connectivity index (χ2v) is 28.4. The number of hydrogen-bond acceptors (Lipinski definition) is 18. The Balaban J connectivity index is 1.14. The first kappa shape index (κ1) is 87.9. The zero-order valence-electron chi connectivity index (χ0n) is 63.2. The Labute approximate surface area is 658 Å². The number of urea groups is 1. The van der Waals surface area contributed by atoms with Crippen LogP contribution < -0.4 is 81.0 Å². The molecular weight excluding hydrogens is 1480 g/mol. The summed E-state index contributed by atoms with van der Waals surface area (Å²) in [6.45, 7) is 5.12. The molecule has 0 saturated carbocycles. The van der Waals surface area contributed by atoms with E-state index >= 15 is 4.79 Å². The molecule has 1 aliphatic rings. The van der Waals surface area contributed by atoms with Gasteiger partial charge in [0, 0.05) is 88.5 Å². The molecule has 34 nitrogen and oxygen atoms in total. The molecule has 1 saturated heterocycles. The van der Waals surface area contributed by atoms with Crippen molar-refractivity contribution in [2.75, 3.05) is 26.2 Å².